The second-order valence-corrected chi connectivity index (χ2v) is 8.29. The number of piperidine rings is 1. The van der Waals surface area contributed by atoms with Crippen LogP contribution in [0.25, 0.3) is 0 Å². The fourth-order valence-corrected chi connectivity index (χ4v) is 3.92. The number of halogens is 1. The second-order valence-electron chi connectivity index (χ2n) is 8.29. The van der Waals surface area contributed by atoms with Gasteiger partial charge >= 0.3 is 0 Å². The number of hydrogen-bond acceptors (Lipinski definition) is 4. The molecule has 0 saturated carbocycles. The minimum atomic E-state index is 0. The van der Waals surface area contributed by atoms with Gasteiger partial charge in [-0.05, 0) is 67.1 Å². The van der Waals surface area contributed by atoms with Crippen LogP contribution in [0, 0.1) is 5.92 Å². The Labute approximate surface area is 209 Å². The molecular weight excluding hydrogens is 515 g/mol. The lowest BCUT2D eigenvalue weighted by Crippen LogP contribution is -2.33. The Morgan fingerprint density at radius 2 is 1.75 bits per heavy atom. The van der Waals surface area contributed by atoms with Crippen molar-refractivity contribution >= 4 is 29.9 Å². The second kappa shape index (κ2) is 13.5. The molecule has 1 aliphatic rings. The SMILES string of the molecule is COc1ccc(CCNC(N)=NCc2ccccc2CN2CCC(C)CC2)cc1OC.I. The smallest absolute Gasteiger partial charge is 0.188 e. The molecule has 0 atom stereocenters. The predicted octanol–water partition coefficient (Wildman–Crippen LogP) is 4.20. The van der Waals surface area contributed by atoms with E-state index in [1.54, 1.807) is 14.2 Å². The zero-order chi connectivity index (χ0) is 22.1. The van der Waals surface area contributed by atoms with Gasteiger partial charge in [-0.25, -0.2) is 4.99 Å². The number of aliphatic imine (C=N–C) groups is 1. The minimum absolute atomic E-state index is 0. The van der Waals surface area contributed by atoms with Crippen LogP contribution in [0.3, 0.4) is 0 Å². The van der Waals surface area contributed by atoms with Crippen molar-refractivity contribution in [2.24, 2.45) is 16.6 Å². The van der Waals surface area contributed by atoms with Crippen molar-refractivity contribution in [3.05, 3.63) is 59.2 Å². The summed E-state index contributed by atoms with van der Waals surface area (Å²) < 4.78 is 10.7. The normalized spacial score (nSPS) is 15.2. The molecule has 0 aromatic heterocycles. The maximum absolute atomic E-state index is 6.12. The summed E-state index contributed by atoms with van der Waals surface area (Å²) in [5.74, 6) is 2.79. The van der Waals surface area contributed by atoms with Crippen LogP contribution < -0.4 is 20.5 Å². The molecule has 0 radical (unpaired) electrons. The van der Waals surface area contributed by atoms with Crippen LogP contribution in [-0.2, 0) is 19.5 Å². The molecule has 1 heterocycles. The largest absolute Gasteiger partial charge is 0.493 e. The van der Waals surface area contributed by atoms with Gasteiger partial charge in [0.05, 0.1) is 20.8 Å². The van der Waals surface area contributed by atoms with Crippen LogP contribution in [0.5, 0.6) is 11.5 Å². The summed E-state index contributed by atoms with van der Waals surface area (Å²) >= 11 is 0. The van der Waals surface area contributed by atoms with E-state index in [9.17, 15) is 0 Å². The van der Waals surface area contributed by atoms with Crippen molar-refractivity contribution in [2.45, 2.75) is 39.3 Å². The van der Waals surface area contributed by atoms with E-state index in [0.29, 0.717) is 19.0 Å². The third-order valence-electron chi connectivity index (χ3n) is 5.98. The standard InChI is InChI=1S/C25H36N4O2.HI/c1-19-11-14-29(15-12-19)18-22-7-5-4-6-21(22)17-28-25(26)27-13-10-20-8-9-23(30-2)24(16-20)31-3;/h4-9,16,19H,10-15,17-18H2,1-3H3,(H3,26,27,28);1H. The quantitative estimate of drug-likeness (QED) is 0.277. The highest BCUT2D eigenvalue weighted by molar-refractivity contribution is 14.0. The summed E-state index contributed by atoms with van der Waals surface area (Å²) in [5, 5.41) is 3.22. The summed E-state index contributed by atoms with van der Waals surface area (Å²) in [6.45, 7) is 7.00. The van der Waals surface area contributed by atoms with Gasteiger partial charge < -0.3 is 20.5 Å². The first kappa shape index (κ1) is 26.3. The summed E-state index contributed by atoms with van der Waals surface area (Å²) in [6.07, 6.45) is 3.40. The fraction of sp³-hybridized carbons (Fsp3) is 0.480. The lowest BCUT2D eigenvalue weighted by Gasteiger charge is -2.30. The number of nitrogens with zero attached hydrogens (tertiary/aromatic N) is 2. The molecule has 3 N–H and O–H groups in total. The molecule has 3 rings (SSSR count). The highest BCUT2D eigenvalue weighted by Gasteiger charge is 2.16. The van der Waals surface area contributed by atoms with Gasteiger partial charge in [0.1, 0.15) is 0 Å². The van der Waals surface area contributed by atoms with Crippen LogP contribution in [0.4, 0.5) is 0 Å². The van der Waals surface area contributed by atoms with Crippen molar-refractivity contribution in [3.63, 3.8) is 0 Å². The van der Waals surface area contributed by atoms with Crippen LogP contribution in [0.15, 0.2) is 47.5 Å². The summed E-state index contributed by atoms with van der Waals surface area (Å²) in [6, 6.07) is 14.5. The van der Waals surface area contributed by atoms with Gasteiger partial charge in [0.2, 0.25) is 0 Å². The molecule has 0 spiro atoms. The highest BCUT2D eigenvalue weighted by Crippen LogP contribution is 2.27. The Kier molecular flexibility index (Phi) is 11.1. The molecule has 1 aliphatic heterocycles. The first-order chi connectivity index (χ1) is 15.1. The number of guanidine groups is 1. The topological polar surface area (TPSA) is 72.1 Å². The number of benzene rings is 2. The molecule has 0 unspecified atom stereocenters. The Bertz CT molecular complexity index is 867. The molecule has 32 heavy (non-hydrogen) atoms. The number of hydrogen-bond donors (Lipinski definition) is 2. The average molecular weight is 553 g/mol. The Morgan fingerprint density at radius 1 is 1.06 bits per heavy atom. The van der Waals surface area contributed by atoms with Gasteiger partial charge in [-0.2, -0.15) is 0 Å². The molecule has 176 valence electrons. The Balaban J connectivity index is 0.00000363. The number of nitrogens with two attached hydrogens (primary N) is 1. The fourth-order valence-electron chi connectivity index (χ4n) is 3.92. The van der Waals surface area contributed by atoms with Crippen molar-refractivity contribution < 1.29 is 9.47 Å². The average Bonchev–Trinajstić information content (AvgIpc) is 2.80. The van der Waals surface area contributed by atoms with E-state index in [0.717, 1.165) is 35.9 Å². The van der Waals surface area contributed by atoms with Gasteiger partial charge in [0.15, 0.2) is 17.5 Å². The van der Waals surface area contributed by atoms with Crippen molar-refractivity contribution in [1.82, 2.24) is 10.2 Å². The molecule has 7 heteroatoms. The third-order valence-corrected chi connectivity index (χ3v) is 5.98. The summed E-state index contributed by atoms with van der Waals surface area (Å²) in [5.41, 5.74) is 9.86. The predicted molar refractivity (Wildman–Crippen MR) is 142 cm³/mol. The van der Waals surface area contributed by atoms with Crippen LogP contribution >= 0.6 is 24.0 Å². The molecule has 2 aromatic carbocycles. The molecule has 2 aromatic rings. The Morgan fingerprint density at radius 3 is 2.44 bits per heavy atom. The van der Waals surface area contributed by atoms with E-state index >= 15 is 0 Å². The molecular formula is C25H37IN4O2. The summed E-state index contributed by atoms with van der Waals surface area (Å²) in [4.78, 5) is 7.12. The lowest BCUT2D eigenvalue weighted by molar-refractivity contribution is 0.185. The number of ether oxygens (including phenoxy) is 2. The third kappa shape index (κ3) is 7.85. The monoisotopic (exact) mass is 552 g/mol. The van der Waals surface area contributed by atoms with E-state index in [1.807, 2.05) is 18.2 Å². The number of likely N-dealkylation sites (tertiary alicyclic amines) is 1. The molecule has 0 bridgehead atoms. The van der Waals surface area contributed by atoms with E-state index in [4.69, 9.17) is 15.2 Å². The van der Waals surface area contributed by atoms with Gasteiger partial charge in [0, 0.05) is 13.1 Å². The Hall–Kier alpha value is -2.00. The molecule has 0 aliphatic carbocycles. The zero-order valence-electron chi connectivity index (χ0n) is 19.5. The highest BCUT2D eigenvalue weighted by atomic mass is 127. The first-order valence-corrected chi connectivity index (χ1v) is 11.1. The van der Waals surface area contributed by atoms with E-state index in [1.165, 1.54) is 37.1 Å². The maximum atomic E-state index is 6.12. The van der Waals surface area contributed by atoms with Crippen LogP contribution in [0.2, 0.25) is 0 Å². The van der Waals surface area contributed by atoms with Gasteiger partial charge in [-0.15, -0.1) is 24.0 Å². The molecule has 6 nitrogen and oxygen atoms in total. The summed E-state index contributed by atoms with van der Waals surface area (Å²) in [7, 11) is 3.29. The molecule has 1 saturated heterocycles. The zero-order valence-corrected chi connectivity index (χ0v) is 21.8. The number of methoxy groups -OCH3 is 2. The van der Waals surface area contributed by atoms with Crippen LogP contribution in [-0.4, -0.2) is 44.7 Å². The van der Waals surface area contributed by atoms with Crippen LogP contribution in [0.1, 0.15) is 36.5 Å². The van der Waals surface area contributed by atoms with Crippen molar-refractivity contribution in [1.29, 1.82) is 0 Å². The number of nitrogens with one attached hydrogen (secondary N) is 1. The molecule has 0 amide bonds. The number of rotatable bonds is 9. The van der Waals surface area contributed by atoms with E-state index < -0.39 is 0 Å². The van der Waals surface area contributed by atoms with Gasteiger partial charge in [-0.1, -0.05) is 37.3 Å². The van der Waals surface area contributed by atoms with Crippen molar-refractivity contribution in [3.8, 4) is 11.5 Å². The minimum Gasteiger partial charge on any atom is -0.493 e. The van der Waals surface area contributed by atoms with E-state index in [-0.39, 0.29) is 24.0 Å². The maximum Gasteiger partial charge on any atom is 0.188 e. The molecule has 1 fully saturated rings. The van der Waals surface area contributed by atoms with E-state index in [2.05, 4.69) is 46.4 Å². The van der Waals surface area contributed by atoms with Gasteiger partial charge in [0.25, 0.3) is 0 Å². The lowest BCUT2D eigenvalue weighted by atomic mass is 9.98. The first-order valence-electron chi connectivity index (χ1n) is 11.1. The van der Waals surface area contributed by atoms with Gasteiger partial charge in [-0.3, -0.25) is 4.90 Å². The van der Waals surface area contributed by atoms with Crippen molar-refractivity contribution in [2.75, 3.05) is 33.9 Å².